The van der Waals surface area contributed by atoms with Crippen LogP contribution in [0.25, 0.3) is 0 Å². The van der Waals surface area contributed by atoms with Crippen LogP contribution in [0.4, 0.5) is 18.9 Å². The SMILES string of the molecule is Nc1ccc(C(NC(=O)C2CCC(C(F)(F)F)NC2=O)c2ccccc2)cc1. The number of halogens is 3. The number of rotatable bonds is 4. The summed E-state index contributed by atoms with van der Waals surface area (Å²) < 4.78 is 38.4. The van der Waals surface area contributed by atoms with Gasteiger partial charge in [0.05, 0.1) is 6.04 Å². The lowest BCUT2D eigenvalue weighted by Crippen LogP contribution is -2.54. The van der Waals surface area contributed by atoms with Gasteiger partial charge in [0.2, 0.25) is 11.8 Å². The van der Waals surface area contributed by atoms with E-state index in [-0.39, 0.29) is 12.8 Å². The highest BCUT2D eigenvalue weighted by Crippen LogP contribution is 2.29. The Kier molecular flexibility index (Phi) is 5.58. The van der Waals surface area contributed by atoms with Crippen molar-refractivity contribution in [1.82, 2.24) is 10.6 Å². The number of alkyl halides is 3. The summed E-state index contributed by atoms with van der Waals surface area (Å²) in [5.74, 6) is -2.68. The van der Waals surface area contributed by atoms with Gasteiger partial charge in [-0.3, -0.25) is 9.59 Å². The van der Waals surface area contributed by atoms with E-state index in [0.717, 1.165) is 11.1 Å². The van der Waals surface area contributed by atoms with Gasteiger partial charge in [-0.2, -0.15) is 13.2 Å². The molecule has 1 aliphatic heterocycles. The van der Waals surface area contributed by atoms with E-state index in [2.05, 4.69) is 5.32 Å². The Balaban J connectivity index is 1.79. The number of nitrogens with one attached hydrogen (secondary N) is 2. The Hall–Kier alpha value is -3.03. The molecule has 5 nitrogen and oxygen atoms in total. The van der Waals surface area contributed by atoms with Crippen LogP contribution in [0.5, 0.6) is 0 Å². The molecule has 2 aromatic carbocycles. The number of carbonyl (C=O) groups excluding carboxylic acids is 2. The highest BCUT2D eigenvalue weighted by molar-refractivity contribution is 6.01. The minimum absolute atomic E-state index is 0.162. The number of benzene rings is 2. The molecule has 0 saturated carbocycles. The first kappa shape index (κ1) is 19.7. The predicted octanol–water partition coefficient (Wildman–Crippen LogP) is 2.93. The fourth-order valence-electron chi connectivity index (χ4n) is 3.24. The van der Waals surface area contributed by atoms with Crippen LogP contribution in [-0.4, -0.2) is 24.0 Å². The Morgan fingerprint density at radius 2 is 1.64 bits per heavy atom. The smallest absolute Gasteiger partial charge is 0.399 e. The van der Waals surface area contributed by atoms with Crippen molar-refractivity contribution < 1.29 is 22.8 Å². The van der Waals surface area contributed by atoms with Gasteiger partial charge in [0.15, 0.2) is 0 Å². The first-order valence-electron chi connectivity index (χ1n) is 8.83. The normalized spacial score (nSPS) is 20.9. The summed E-state index contributed by atoms with van der Waals surface area (Å²) in [5, 5.41) is 4.71. The van der Waals surface area contributed by atoms with Gasteiger partial charge in [-0.1, -0.05) is 42.5 Å². The number of anilines is 1. The van der Waals surface area contributed by atoms with Crippen molar-refractivity contribution in [2.75, 3.05) is 5.73 Å². The van der Waals surface area contributed by atoms with Gasteiger partial charge in [0, 0.05) is 5.69 Å². The number of hydrogen-bond acceptors (Lipinski definition) is 3. The molecule has 3 unspecified atom stereocenters. The van der Waals surface area contributed by atoms with Crippen LogP contribution in [0.15, 0.2) is 54.6 Å². The molecule has 28 heavy (non-hydrogen) atoms. The van der Waals surface area contributed by atoms with Crippen molar-refractivity contribution in [3.05, 3.63) is 65.7 Å². The lowest BCUT2D eigenvalue weighted by Gasteiger charge is -2.31. The van der Waals surface area contributed by atoms with Crippen LogP contribution in [0.2, 0.25) is 0 Å². The van der Waals surface area contributed by atoms with E-state index in [4.69, 9.17) is 5.73 Å². The quantitative estimate of drug-likeness (QED) is 0.554. The number of carbonyl (C=O) groups is 2. The topological polar surface area (TPSA) is 84.2 Å². The lowest BCUT2D eigenvalue weighted by atomic mass is 9.91. The predicted molar refractivity (Wildman–Crippen MR) is 98.0 cm³/mol. The molecule has 0 aromatic heterocycles. The fraction of sp³-hybridized carbons (Fsp3) is 0.300. The molecular weight excluding hydrogens is 371 g/mol. The molecule has 0 spiro atoms. The standard InChI is InChI=1S/C20H20F3N3O2/c21-20(22,23)16-11-10-15(18(27)25-16)19(28)26-17(12-4-2-1-3-5-12)13-6-8-14(24)9-7-13/h1-9,15-17H,10-11,24H2,(H,25,27)(H,26,28). The van der Waals surface area contributed by atoms with Gasteiger partial charge in [-0.15, -0.1) is 0 Å². The Labute approximate surface area is 160 Å². The molecule has 2 aromatic rings. The van der Waals surface area contributed by atoms with Crippen molar-refractivity contribution >= 4 is 17.5 Å². The largest absolute Gasteiger partial charge is 0.408 e. The van der Waals surface area contributed by atoms with Crippen molar-refractivity contribution in [3.63, 3.8) is 0 Å². The maximum absolute atomic E-state index is 12.8. The van der Waals surface area contributed by atoms with Gasteiger partial charge >= 0.3 is 6.18 Å². The average molecular weight is 391 g/mol. The van der Waals surface area contributed by atoms with Crippen LogP contribution in [0.1, 0.15) is 30.0 Å². The van der Waals surface area contributed by atoms with E-state index in [1.807, 2.05) is 35.6 Å². The molecule has 148 valence electrons. The first-order chi connectivity index (χ1) is 13.3. The third kappa shape index (κ3) is 4.44. The number of amides is 2. The molecule has 1 saturated heterocycles. The molecule has 1 heterocycles. The van der Waals surface area contributed by atoms with E-state index < -0.39 is 36.0 Å². The zero-order chi connectivity index (χ0) is 20.3. The highest BCUT2D eigenvalue weighted by atomic mass is 19.4. The molecule has 1 aliphatic rings. The number of piperidine rings is 1. The molecule has 8 heteroatoms. The van der Waals surface area contributed by atoms with Crippen LogP contribution in [-0.2, 0) is 9.59 Å². The van der Waals surface area contributed by atoms with E-state index in [9.17, 15) is 22.8 Å². The van der Waals surface area contributed by atoms with Crippen LogP contribution in [0, 0.1) is 5.92 Å². The van der Waals surface area contributed by atoms with E-state index in [1.165, 1.54) is 0 Å². The Bertz CT molecular complexity index is 838. The molecule has 1 fully saturated rings. The van der Waals surface area contributed by atoms with Crippen molar-refractivity contribution in [3.8, 4) is 0 Å². The molecular formula is C20H20F3N3O2. The van der Waals surface area contributed by atoms with Gasteiger partial charge in [0.1, 0.15) is 12.0 Å². The molecule has 2 amide bonds. The Morgan fingerprint density at radius 3 is 2.21 bits per heavy atom. The molecule has 0 bridgehead atoms. The summed E-state index contributed by atoms with van der Waals surface area (Å²) in [4.78, 5) is 24.8. The van der Waals surface area contributed by atoms with Crippen molar-refractivity contribution in [1.29, 1.82) is 0 Å². The first-order valence-corrected chi connectivity index (χ1v) is 8.83. The second-order valence-electron chi connectivity index (χ2n) is 6.75. The fourth-order valence-corrected chi connectivity index (χ4v) is 3.24. The van der Waals surface area contributed by atoms with Gasteiger partial charge in [-0.25, -0.2) is 0 Å². The third-order valence-corrected chi connectivity index (χ3v) is 4.78. The summed E-state index contributed by atoms with van der Waals surface area (Å²) in [5.41, 5.74) is 7.81. The highest BCUT2D eigenvalue weighted by Gasteiger charge is 2.46. The van der Waals surface area contributed by atoms with E-state index >= 15 is 0 Å². The monoisotopic (exact) mass is 391 g/mol. The minimum atomic E-state index is -4.52. The second kappa shape index (κ2) is 7.92. The van der Waals surface area contributed by atoms with Crippen molar-refractivity contribution in [2.45, 2.75) is 31.1 Å². The second-order valence-corrected chi connectivity index (χ2v) is 6.75. The van der Waals surface area contributed by atoms with Crippen LogP contribution < -0.4 is 16.4 Å². The molecule has 3 rings (SSSR count). The summed E-state index contributed by atoms with van der Waals surface area (Å²) in [6.45, 7) is 0. The molecule has 0 radical (unpaired) electrons. The molecule has 4 N–H and O–H groups in total. The maximum Gasteiger partial charge on any atom is 0.408 e. The number of nitrogen functional groups attached to an aromatic ring is 1. The van der Waals surface area contributed by atoms with Crippen LogP contribution in [0.3, 0.4) is 0 Å². The Morgan fingerprint density at radius 1 is 1.04 bits per heavy atom. The van der Waals surface area contributed by atoms with Gasteiger partial charge in [-0.05, 0) is 36.1 Å². The van der Waals surface area contributed by atoms with Crippen molar-refractivity contribution in [2.24, 2.45) is 5.92 Å². The zero-order valence-electron chi connectivity index (χ0n) is 14.9. The summed E-state index contributed by atoms with van der Waals surface area (Å²) in [6, 6.07) is 13.5. The molecule has 3 atom stereocenters. The minimum Gasteiger partial charge on any atom is -0.399 e. The number of hydrogen-bond donors (Lipinski definition) is 3. The summed E-state index contributed by atoms with van der Waals surface area (Å²) >= 11 is 0. The number of nitrogens with two attached hydrogens (primary N) is 1. The summed E-state index contributed by atoms with van der Waals surface area (Å²) in [6.07, 6.45) is -5.01. The van der Waals surface area contributed by atoms with Gasteiger partial charge < -0.3 is 16.4 Å². The summed E-state index contributed by atoms with van der Waals surface area (Å²) in [7, 11) is 0. The zero-order valence-corrected chi connectivity index (χ0v) is 14.9. The van der Waals surface area contributed by atoms with E-state index in [1.54, 1.807) is 24.3 Å². The molecule has 0 aliphatic carbocycles. The van der Waals surface area contributed by atoms with E-state index in [0.29, 0.717) is 5.69 Å². The lowest BCUT2D eigenvalue weighted by molar-refractivity contribution is -0.171. The third-order valence-electron chi connectivity index (χ3n) is 4.78. The maximum atomic E-state index is 12.8. The van der Waals surface area contributed by atoms with Crippen LogP contribution >= 0.6 is 0 Å². The average Bonchev–Trinajstić information content (AvgIpc) is 2.66. The van der Waals surface area contributed by atoms with Gasteiger partial charge in [0.25, 0.3) is 0 Å².